The Morgan fingerprint density at radius 3 is 2.88 bits per heavy atom. The molecule has 1 aliphatic carbocycles. The van der Waals surface area contributed by atoms with Crippen LogP contribution in [0.5, 0.6) is 0 Å². The molecule has 5 heteroatoms. The summed E-state index contributed by atoms with van der Waals surface area (Å²) in [7, 11) is 1.94. The van der Waals surface area contributed by atoms with Crippen molar-refractivity contribution < 1.29 is 4.52 Å². The summed E-state index contributed by atoms with van der Waals surface area (Å²) in [6.45, 7) is 2.11. The Kier molecular flexibility index (Phi) is 5.22. The Morgan fingerprint density at radius 1 is 1.50 bits per heavy atom. The number of nitrogens with zero attached hydrogens (tertiary/aromatic N) is 2. The van der Waals surface area contributed by atoms with E-state index in [9.17, 15) is 0 Å². The molecule has 92 valence electrons. The average Bonchev–Trinajstić information content (AvgIpc) is 2.97. The van der Waals surface area contributed by atoms with E-state index < -0.39 is 0 Å². The van der Waals surface area contributed by atoms with Crippen LogP contribution in [0.15, 0.2) is 4.52 Å². The van der Waals surface area contributed by atoms with E-state index in [4.69, 9.17) is 4.52 Å². The molecule has 1 unspecified atom stereocenters. The Morgan fingerprint density at radius 2 is 2.25 bits per heavy atom. The molecule has 1 aromatic rings. The monoisotopic (exact) mass is 245 g/mol. The molecule has 0 spiro atoms. The third kappa shape index (κ3) is 4.10. The molecule has 1 aliphatic rings. The van der Waals surface area contributed by atoms with Gasteiger partial charge in [0.1, 0.15) is 0 Å². The summed E-state index contributed by atoms with van der Waals surface area (Å²) in [5, 5.41) is 7.14. The molecule has 1 saturated carbocycles. The van der Waals surface area contributed by atoms with Crippen LogP contribution < -0.4 is 5.32 Å². The molecular formula is C11H20ClN3O. The lowest BCUT2D eigenvalue weighted by Crippen LogP contribution is -2.24. The number of hydrogen-bond donors (Lipinski definition) is 1. The Labute approximate surface area is 103 Å². The first-order valence-corrected chi connectivity index (χ1v) is 5.76. The Bertz CT molecular complexity index is 312. The summed E-state index contributed by atoms with van der Waals surface area (Å²) in [6.07, 6.45) is 5.77. The first-order valence-electron chi connectivity index (χ1n) is 5.76. The zero-order valence-corrected chi connectivity index (χ0v) is 10.7. The number of likely N-dealkylation sites (N-methyl/N-ethyl adjacent to an activating group) is 1. The molecular weight excluding hydrogens is 226 g/mol. The van der Waals surface area contributed by atoms with Gasteiger partial charge in [0.2, 0.25) is 5.89 Å². The third-order valence-electron chi connectivity index (χ3n) is 2.96. The van der Waals surface area contributed by atoms with Gasteiger partial charge < -0.3 is 9.84 Å². The maximum absolute atomic E-state index is 5.20. The predicted octanol–water partition coefficient (Wildman–Crippen LogP) is 1.98. The van der Waals surface area contributed by atoms with Crippen LogP contribution in [0.25, 0.3) is 0 Å². The highest BCUT2D eigenvalue weighted by molar-refractivity contribution is 5.85. The summed E-state index contributed by atoms with van der Waals surface area (Å²) in [6, 6.07) is 0.402. The fourth-order valence-electron chi connectivity index (χ4n) is 1.58. The SMILES string of the molecule is CNC(C)Cc1noc(CCC2CC2)n1.Cl. The highest BCUT2D eigenvalue weighted by Gasteiger charge is 2.21. The van der Waals surface area contributed by atoms with Crippen LogP contribution in [0, 0.1) is 5.92 Å². The van der Waals surface area contributed by atoms with Gasteiger partial charge in [0.15, 0.2) is 5.82 Å². The molecule has 1 fully saturated rings. The van der Waals surface area contributed by atoms with Gasteiger partial charge in [0.05, 0.1) is 0 Å². The van der Waals surface area contributed by atoms with Gasteiger partial charge in [-0.2, -0.15) is 4.98 Å². The van der Waals surface area contributed by atoms with E-state index in [0.717, 1.165) is 30.5 Å². The second-order valence-electron chi connectivity index (χ2n) is 4.48. The molecule has 0 bridgehead atoms. The van der Waals surface area contributed by atoms with Crippen LogP contribution in [0.4, 0.5) is 0 Å². The number of aryl methyl sites for hydroxylation is 1. The Balaban J connectivity index is 0.00000128. The smallest absolute Gasteiger partial charge is 0.226 e. The van der Waals surface area contributed by atoms with Crippen LogP contribution in [0.3, 0.4) is 0 Å². The first kappa shape index (κ1) is 13.5. The zero-order chi connectivity index (χ0) is 10.7. The van der Waals surface area contributed by atoms with Crippen molar-refractivity contribution in [3.8, 4) is 0 Å². The lowest BCUT2D eigenvalue weighted by Gasteiger charge is -2.04. The summed E-state index contributed by atoms with van der Waals surface area (Å²) in [5.41, 5.74) is 0. The van der Waals surface area contributed by atoms with Crippen molar-refractivity contribution in [2.75, 3.05) is 7.05 Å². The molecule has 0 radical (unpaired) electrons. The van der Waals surface area contributed by atoms with Gasteiger partial charge in [-0.1, -0.05) is 18.0 Å². The summed E-state index contributed by atoms with van der Waals surface area (Å²) >= 11 is 0. The van der Waals surface area contributed by atoms with Crippen LogP contribution in [-0.4, -0.2) is 23.2 Å². The van der Waals surface area contributed by atoms with Crippen molar-refractivity contribution >= 4 is 12.4 Å². The van der Waals surface area contributed by atoms with Crippen molar-refractivity contribution in [1.29, 1.82) is 0 Å². The lowest BCUT2D eigenvalue weighted by atomic mass is 10.2. The number of nitrogens with one attached hydrogen (secondary N) is 1. The summed E-state index contributed by atoms with van der Waals surface area (Å²) in [5.74, 6) is 2.56. The van der Waals surface area contributed by atoms with E-state index >= 15 is 0 Å². The van der Waals surface area contributed by atoms with Crippen molar-refractivity contribution in [1.82, 2.24) is 15.5 Å². The molecule has 4 nitrogen and oxygen atoms in total. The third-order valence-corrected chi connectivity index (χ3v) is 2.96. The minimum absolute atomic E-state index is 0. The van der Waals surface area contributed by atoms with Gasteiger partial charge in [0.25, 0.3) is 0 Å². The minimum atomic E-state index is 0. The van der Waals surface area contributed by atoms with Gasteiger partial charge in [-0.05, 0) is 26.3 Å². The molecule has 16 heavy (non-hydrogen) atoms. The van der Waals surface area contributed by atoms with Crippen molar-refractivity contribution in [3.63, 3.8) is 0 Å². The highest BCUT2D eigenvalue weighted by Crippen LogP contribution is 2.33. The van der Waals surface area contributed by atoms with Gasteiger partial charge in [-0.15, -0.1) is 12.4 Å². The summed E-state index contributed by atoms with van der Waals surface area (Å²) < 4.78 is 5.20. The molecule has 2 rings (SSSR count). The molecule has 0 aromatic carbocycles. The second kappa shape index (κ2) is 6.21. The van der Waals surface area contributed by atoms with Gasteiger partial charge in [-0.25, -0.2) is 0 Å². The van der Waals surface area contributed by atoms with Crippen LogP contribution in [0.2, 0.25) is 0 Å². The fourth-order valence-corrected chi connectivity index (χ4v) is 1.58. The summed E-state index contributed by atoms with van der Waals surface area (Å²) in [4.78, 5) is 4.38. The Hall–Kier alpha value is -0.610. The van der Waals surface area contributed by atoms with Gasteiger partial charge in [-0.3, -0.25) is 0 Å². The van der Waals surface area contributed by atoms with Crippen molar-refractivity contribution in [2.24, 2.45) is 5.92 Å². The lowest BCUT2D eigenvalue weighted by molar-refractivity contribution is 0.366. The van der Waals surface area contributed by atoms with Crippen molar-refractivity contribution in [3.05, 3.63) is 11.7 Å². The molecule has 0 aliphatic heterocycles. The van der Waals surface area contributed by atoms with E-state index in [1.807, 2.05) is 7.05 Å². The normalized spacial score (nSPS) is 16.9. The van der Waals surface area contributed by atoms with Crippen molar-refractivity contribution in [2.45, 2.75) is 45.1 Å². The van der Waals surface area contributed by atoms with Gasteiger partial charge >= 0.3 is 0 Å². The van der Waals surface area contributed by atoms with E-state index in [-0.39, 0.29) is 12.4 Å². The molecule has 1 aromatic heterocycles. The number of rotatable bonds is 6. The standard InChI is InChI=1S/C11H19N3O.ClH/c1-8(12-2)7-10-13-11(15-14-10)6-5-9-3-4-9;/h8-9,12H,3-7H2,1-2H3;1H. The highest BCUT2D eigenvalue weighted by atomic mass is 35.5. The van der Waals surface area contributed by atoms with E-state index in [0.29, 0.717) is 6.04 Å². The largest absolute Gasteiger partial charge is 0.339 e. The van der Waals surface area contributed by atoms with Crippen LogP contribution >= 0.6 is 12.4 Å². The quantitative estimate of drug-likeness (QED) is 0.833. The van der Waals surface area contributed by atoms with E-state index in [1.54, 1.807) is 0 Å². The molecule has 1 atom stereocenters. The maximum atomic E-state index is 5.20. The maximum Gasteiger partial charge on any atom is 0.226 e. The zero-order valence-electron chi connectivity index (χ0n) is 9.90. The topological polar surface area (TPSA) is 51.0 Å². The average molecular weight is 246 g/mol. The minimum Gasteiger partial charge on any atom is -0.339 e. The van der Waals surface area contributed by atoms with Crippen LogP contribution in [-0.2, 0) is 12.8 Å². The second-order valence-corrected chi connectivity index (χ2v) is 4.48. The number of hydrogen-bond acceptors (Lipinski definition) is 4. The molecule has 1 heterocycles. The molecule has 1 N–H and O–H groups in total. The fraction of sp³-hybridized carbons (Fsp3) is 0.818. The van der Waals surface area contributed by atoms with E-state index in [2.05, 4.69) is 22.4 Å². The number of halogens is 1. The van der Waals surface area contributed by atoms with Crippen LogP contribution in [0.1, 0.15) is 37.9 Å². The predicted molar refractivity (Wildman–Crippen MR) is 64.8 cm³/mol. The number of aromatic nitrogens is 2. The molecule has 0 saturated heterocycles. The van der Waals surface area contributed by atoms with Gasteiger partial charge in [0, 0.05) is 18.9 Å². The van der Waals surface area contributed by atoms with E-state index in [1.165, 1.54) is 19.3 Å². The molecule has 0 amide bonds. The first-order chi connectivity index (χ1) is 7.28.